The molecule has 1 aromatic heterocycles. The van der Waals surface area contributed by atoms with E-state index >= 15 is 0 Å². The summed E-state index contributed by atoms with van der Waals surface area (Å²) in [6, 6.07) is 17.1. The maximum Gasteiger partial charge on any atom is 0.416 e. The Hall–Kier alpha value is -3.98. The van der Waals surface area contributed by atoms with E-state index in [1.54, 1.807) is 48.5 Å². The van der Waals surface area contributed by atoms with Crippen LogP contribution in [0.5, 0.6) is 0 Å². The van der Waals surface area contributed by atoms with Crippen molar-refractivity contribution in [2.24, 2.45) is 0 Å². The Morgan fingerprint density at radius 1 is 1.03 bits per heavy atom. The molecule has 0 aliphatic heterocycles. The van der Waals surface area contributed by atoms with Gasteiger partial charge in [-0.2, -0.15) is 18.3 Å². The molecular formula is C27H23F3N2O4. The number of benzene rings is 3. The molecule has 4 aromatic rings. The molecule has 0 fully saturated rings. The lowest BCUT2D eigenvalue weighted by atomic mass is 10.0. The lowest BCUT2D eigenvalue weighted by molar-refractivity contribution is -0.149. The van der Waals surface area contributed by atoms with E-state index in [0.29, 0.717) is 22.1 Å². The van der Waals surface area contributed by atoms with E-state index in [9.17, 15) is 22.8 Å². The Bertz CT molecular complexity index is 1430. The highest BCUT2D eigenvalue weighted by Gasteiger charge is 2.31. The second kappa shape index (κ2) is 9.94. The number of hydrogen-bond acceptors (Lipinski definition) is 4. The topological polar surface area (TPSA) is 81.4 Å². The number of aryl methyl sites for hydroxylation is 1. The first-order valence-corrected chi connectivity index (χ1v) is 11.1. The molecule has 0 unspecified atom stereocenters. The van der Waals surface area contributed by atoms with Gasteiger partial charge in [-0.25, -0.2) is 4.79 Å². The number of carbonyl (C=O) groups is 2. The van der Waals surface area contributed by atoms with Crippen LogP contribution in [0.15, 0.2) is 66.7 Å². The summed E-state index contributed by atoms with van der Waals surface area (Å²) in [5.74, 6) is -1.47. The number of ether oxygens (including phenoxy) is 1. The number of aromatic nitrogens is 2. The highest BCUT2D eigenvalue weighted by Crippen LogP contribution is 2.33. The first-order valence-electron chi connectivity index (χ1n) is 11.1. The summed E-state index contributed by atoms with van der Waals surface area (Å²) in [6.07, 6.45) is -5.54. The van der Waals surface area contributed by atoms with Gasteiger partial charge in [0.2, 0.25) is 5.78 Å². The van der Waals surface area contributed by atoms with Gasteiger partial charge in [0.25, 0.3) is 0 Å². The molecule has 0 saturated carbocycles. The number of alkyl halides is 3. The summed E-state index contributed by atoms with van der Waals surface area (Å²) in [6.45, 7) is 3.46. The van der Waals surface area contributed by atoms with Crippen LogP contribution in [0, 0.1) is 6.92 Å². The molecule has 1 N–H and O–H groups in total. The van der Waals surface area contributed by atoms with Crippen LogP contribution >= 0.6 is 0 Å². The van der Waals surface area contributed by atoms with Crippen LogP contribution in [0.2, 0.25) is 0 Å². The second-order valence-electron chi connectivity index (χ2n) is 8.54. The van der Waals surface area contributed by atoms with Crippen molar-refractivity contribution in [3.05, 3.63) is 100 Å². The van der Waals surface area contributed by atoms with E-state index in [4.69, 9.17) is 9.84 Å². The van der Waals surface area contributed by atoms with Crippen LogP contribution in [0.1, 0.15) is 45.2 Å². The fourth-order valence-corrected chi connectivity index (χ4v) is 3.76. The summed E-state index contributed by atoms with van der Waals surface area (Å²) >= 11 is 0. The summed E-state index contributed by atoms with van der Waals surface area (Å²) in [5.41, 5.74) is 2.17. The molecule has 0 aliphatic carbocycles. The number of fused-ring (bicyclic) bond motifs is 1. The van der Waals surface area contributed by atoms with E-state index in [-0.39, 0.29) is 30.1 Å². The van der Waals surface area contributed by atoms with Gasteiger partial charge in [-0.15, -0.1) is 0 Å². The summed E-state index contributed by atoms with van der Waals surface area (Å²) < 4.78 is 47.0. The molecule has 186 valence electrons. The van der Waals surface area contributed by atoms with Crippen molar-refractivity contribution in [2.75, 3.05) is 0 Å². The van der Waals surface area contributed by atoms with Crippen molar-refractivity contribution in [3.8, 4) is 0 Å². The molecule has 9 heteroatoms. The van der Waals surface area contributed by atoms with Crippen molar-refractivity contribution < 1.29 is 32.6 Å². The Balaban J connectivity index is 1.72. The third-order valence-corrected chi connectivity index (χ3v) is 5.78. The lowest BCUT2D eigenvalue weighted by Crippen LogP contribution is -2.19. The summed E-state index contributed by atoms with van der Waals surface area (Å²) in [5, 5.41) is 13.7. The van der Waals surface area contributed by atoms with Crippen LogP contribution in [-0.4, -0.2) is 32.7 Å². The largest absolute Gasteiger partial charge is 0.479 e. The number of halogens is 3. The maximum absolute atomic E-state index is 13.4. The van der Waals surface area contributed by atoms with Crippen LogP contribution in [0.25, 0.3) is 10.9 Å². The molecule has 0 amide bonds. The average molecular weight is 496 g/mol. The standard InChI is InChI=1S/C27H23F3N2O4/c1-16-6-8-20(9-7-16)25(33)24-22-11-10-21(27(28,29)30)13-23(22)32(31-24)14-18-4-3-5-19(12-18)15-36-17(2)26(34)35/h3-13,17H,14-15H2,1-2H3,(H,34,35)/t17-/m1/s1. The molecule has 3 aromatic carbocycles. The smallest absolute Gasteiger partial charge is 0.416 e. The third kappa shape index (κ3) is 5.46. The molecule has 6 nitrogen and oxygen atoms in total. The first-order chi connectivity index (χ1) is 17.0. The normalized spacial score (nSPS) is 12.6. The van der Waals surface area contributed by atoms with Gasteiger partial charge >= 0.3 is 12.1 Å². The van der Waals surface area contributed by atoms with E-state index < -0.39 is 23.8 Å². The number of nitrogens with zero attached hydrogens (tertiary/aromatic N) is 2. The summed E-state index contributed by atoms with van der Waals surface area (Å²) in [7, 11) is 0. The summed E-state index contributed by atoms with van der Waals surface area (Å²) in [4.78, 5) is 24.2. The average Bonchev–Trinajstić information content (AvgIpc) is 3.19. The van der Waals surface area contributed by atoms with E-state index in [0.717, 1.165) is 17.7 Å². The molecule has 0 aliphatic rings. The molecule has 1 heterocycles. The molecule has 36 heavy (non-hydrogen) atoms. The number of carbonyl (C=O) groups excluding carboxylic acids is 1. The van der Waals surface area contributed by atoms with Gasteiger partial charge < -0.3 is 9.84 Å². The maximum atomic E-state index is 13.4. The third-order valence-electron chi connectivity index (χ3n) is 5.78. The zero-order valence-electron chi connectivity index (χ0n) is 19.5. The monoisotopic (exact) mass is 496 g/mol. The Morgan fingerprint density at radius 3 is 2.39 bits per heavy atom. The molecule has 0 saturated heterocycles. The van der Waals surface area contributed by atoms with Crippen LogP contribution < -0.4 is 0 Å². The van der Waals surface area contributed by atoms with Crippen LogP contribution in [0.3, 0.4) is 0 Å². The van der Waals surface area contributed by atoms with E-state index in [1.165, 1.54) is 17.7 Å². The van der Waals surface area contributed by atoms with Crippen molar-refractivity contribution >= 4 is 22.7 Å². The first kappa shape index (κ1) is 25.1. The molecule has 0 spiro atoms. The molecule has 0 radical (unpaired) electrons. The minimum atomic E-state index is -4.55. The number of carboxylic acids is 1. The van der Waals surface area contributed by atoms with Crippen molar-refractivity contribution in [1.82, 2.24) is 9.78 Å². The number of ketones is 1. The predicted molar refractivity (Wildman–Crippen MR) is 127 cm³/mol. The zero-order valence-corrected chi connectivity index (χ0v) is 19.5. The van der Waals surface area contributed by atoms with E-state index in [2.05, 4.69) is 5.10 Å². The number of carboxylic acid groups (broad SMARTS) is 1. The zero-order chi connectivity index (χ0) is 26.0. The van der Waals surface area contributed by atoms with Crippen LogP contribution in [-0.2, 0) is 28.9 Å². The SMILES string of the molecule is Cc1ccc(C(=O)c2nn(Cc3cccc(CO[C@H](C)C(=O)O)c3)c3cc(C(F)(F)F)ccc23)cc1. The number of hydrogen-bond donors (Lipinski definition) is 1. The highest BCUT2D eigenvalue weighted by atomic mass is 19.4. The molecular weight excluding hydrogens is 473 g/mol. The minimum Gasteiger partial charge on any atom is -0.479 e. The molecule has 4 rings (SSSR count). The Labute approximate surface area is 204 Å². The number of rotatable bonds is 8. The quantitative estimate of drug-likeness (QED) is 0.320. The van der Waals surface area contributed by atoms with Crippen molar-refractivity contribution in [1.29, 1.82) is 0 Å². The van der Waals surface area contributed by atoms with Gasteiger partial charge in [-0.3, -0.25) is 9.48 Å². The van der Waals surface area contributed by atoms with Crippen LogP contribution in [0.4, 0.5) is 13.2 Å². The van der Waals surface area contributed by atoms with Crippen molar-refractivity contribution in [2.45, 2.75) is 39.3 Å². The fraction of sp³-hybridized carbons (Fsp3) is 0.222. The van der Waals surface area contributed by atoms with Gasteiger partial charge in [0.1, 0.15) is 5.69 Å². The molecule has 0 bridgehead atoms. The van der Waals surface area contributed by atoms with E-state index in [1.807, 2.05) is 6.92 Å². The van der Waals surface area contributed by atoms with Gasteiger partial charge in [0.05, 0.1) is 24.2 Å². The molecule has 1 atom stereocenters. The van der Waals surface area contributed by atoms with Gasteiger partial charge in [-0.1, -0.05) is 54.1 Å². The van der Waals surface area contributed by atoms with Gasteiger partial charge in [0.15, 0.2) is 6.10 Å². The van der Waals surface area contributed by atoms with Gasteiger partial charge in [-0.05, 0) is 43.2 Å². The van der Waals surface area contributed by atoms with Crippen molar-refractivity contribution in [3.63, 3.8) is 0 Å². The minimum absolute atomic E-state index is 0.0521. The van der Waals surface area contributed by atoms with Gasteiger partial charge in [0, 0.05) is 10.9 Å². The Kier molecular flexibility index (Phi) is 6.94. The fourth-order valence-electron chi connectivity index (χ4n) is 3.76. The Morgan fingerprint density at radius 2 is 1.72 bits per heavy atom. The highest BCUT2D eigenvalue weighted by molar-refractivity contribution is 6.15. The number of aliphatic carboxylic acids is 1. The second-order valence-corrected chi connectivity index (χ2v) is 8.54. The predicted octanol–water partition coefficient (Wildman–Crippen LogP) is 5.63. The lowest BCUT2D eigenvalue weighted by Gasteiger charge is -2.11.